The van der Waals surface area contributed by atoms with E-state index in [9.17, 15) is 9.59 Å². The van der Waals surface area contributed by atoms with E-state index in [4.69, 9.17) is 24.7 Å². The van der Waals surface area contributed by atoms with Crippen molar-refractivity contribution in [2.75, 3.05) is 14.2 Å². The number of methoxy groups -OCH3 is 2. The first-order valence-corrected chi connectivity index (χ1v) is 15.1. The monoisotopic (exact) mass is 597 g/mol. The molecule has 0 radical (unpaired) electrons. The summed E-state index contributed by atoms with van der Waals surface area (Å²) in [6.45, 7) is 26.5. The van der Waals surface area contributed by atoms with Gasteiger partial charge >= 0.3 is 11.9 Å². The van der Waals surface area contributed by atoms with Crippen molar-refractivity contribution >= 4 is 11.9 Å². The molecule has 43 heavy (non-hydrogen) atoms. The molecule has 7 heteroatoms. The lowest BCUT2D eigenvalue weighted by atomic mass is 9.79. The minimum Gasteiger partial charge on any atom is -0.497 e. The van der Waals surface area contributed by atoms with Crippen LogP contribution in [0.15, 0.2) is 24.3 Å². The average Bonchev–Trinajstić information content (AvgIpc) is 2.85. The molecule has 0 spiro atoms. The number of benzene rings is 2. The maximum Gasteiger partial charge on any atom is 0.328 e. The minimum absolute atomic E-state index is 0.0592. The highest BCUT2D eigenvalue weighted by Gasteiger charge is 2.34. The Morgan fingerprint density at radius 3 is 1.21 bits per heavy atom. The highest BCUT2D eigenvalue weighted by atomic mass is 16.5. The second kappa shape index (κ2) is 12.9. The van der Waals surface area contributed by atoms with E-state index in [0.29, 0.717) is 23.0 Å². The molecule has 0 saturated carbocycles. The molecule has 0 aliphatic rings. The summed E-state index contributed by atoms with van der Waals surface area (Å²) in [5.74, 6) is 0.803. The first-order valence-electron chi connectivity index (χ1n) is 15.1. The van der Waals surface area contributed by atoms with Crippen molar-refractivity contribution < 1.29 is 28.5 Å². The van der Waals surface area contributed by atoms with Crippen molar-refractivity contribution in [1.82, 2.24) is 0 Å². The Kier molecular flexibility index (Phi) is 10.8. The van der Waals surface area contributed by atoms with Crippen LogP contribution in [0.4, 0.5) is 0 Å². The zero-order valence-electron chi connectivity index (χ0n) is 29.2. The van der Waals surface area contributed by atoms with Crippen LogP contribution < -0.4 is 24.7 Å². The van der Waals surface area contributed by atoms with Gasteiger partial charge in [-0.2, -0.15) is 0 Å². The van der Waals surface area contributed by atoms with Crippen LogP contribution in [0, 0.1) is 5.92 Å². The van der Waals surface area contributed by atoms with Gasteiger partial charge in [0.1, 0.15) is 29.0 Å². The van der Waals surface area contributed by atoms with Gasteiger partial charge in [-0.1, -0.05) is 90.0 Å². The Hall–Kier alpha value is -3.06. The van der Waals surface area contributed by atoms with Gasteiger partial charge in [0, 0.05) is 22.3 Å². The van der Waals surface area contributed by atoms with Gasteiger partial charge in [-0.3, -0.25) is 4.79 Å². The first-order chi connectivity index (χ1) is 19.4. The molecule has 0 aromatic heterocycles. The Bertz CT molecular complexity index is 1250. The van der Waals surface area contributed by atoms with Gasteiger partial charge in [0.15, 0.2) is 0 Å². The number of nitrogens with two attached hydrogens (primary N) is 1. The zero-order chi connectivity index (χ0) is 33.3. The lowest BCUT2D eigenvalue weighted by molar-refractivity contribution is -0.139. The summed E-state index contributed by atoms with van der Waals surface area (Å²) in [7, 11) is 3.25. The molecular weight excluding hydrogens is 542 g/mol. The molecule has 2 rings (SSSR count). The van der Waals surface area contributed by atoms with E-state index >= 15 is 0 Å². The van der Waals surface area contributed by atoms with Crippen molar-refractivity contribution in [1.29, 1.82) is 0 Å². The fourth-order valence-corrected chi connectivity index (χ4v) is 4.84. The summed E-state index contributed by atoms with van der Waals surface area (Å²) in [5, 5.41) is 0. The number of ether oxygens (including phenoxy) is 4. The van der Waals surface area contributed by atoms with Crippen LogP contribution in [0.3, 0.4) is 0 Å². The van der Waals surface area contributed by atoms with Gasteiger partial charge in [0.2, 0.25) is 0 Å². The number of hydrogen-bond donors (Lipinski definition) is 1. The molecule has 7 nitrogen and oxygen atoms in total. The van der Waals surface area contributed by atoms with Gasteiger partial charge in [-0.05, 0) is 51.8 Å². The Morgan fingerprint density at radius 1 is 0.628 bits per heavy atom. The Labute approximate surface area is 259 Å². The normalized spacial score (nSPS) is 14.1. The van der Waals surface area contributed by atoms with E-state index in [1.54, 1.807) is 21.1 Å². The van der Waals surface area contributed by atoms with E-state index < -0.39 is 23.9 Å². The maximum absolute atomic E-state index is 13.5. The predicted molar refractivity (Wildman–Crippen MR) is 174 cm³/mol. The molecule has 2 unspecified atom stereocenters. The molecule has 0 aliphatic heterocycles. The standard InChI is InChI=1S/C36H55NO6/c1-21(16-28(38)42-30-24(33(2,3)4)17-22(40-14)18-25(30)34(5,6)7)29(37)32(39)43-31-26(35(8,9)10)19-23(41-15)20-27(31)36(11,12)13/h17-21,29H,16,37H2,1-15H3. The number of carbonyl (C=O) groups excluding carboxylic acids is 2. The van der Waals surface area contributed by atoms with E-state index in [2.05, 4.69) is 83.1 Å². The molecule has 2 atom stereocenters. The van der Waals surface area contributed by atoms with Crippen LogP contribution in [-0.4, -0.2) is 32.2 Å². The number of rotatable bonds is 8. The summed E-state index contributed by atoms with van der Waals surface area (Å²) in [6, 6.07) is 6.59. The minimum atomic E-state index is -1.05. The third-order valence-corrected chi connectivity index (χ3v) is 7.62. The lowest BCUT2D eigenvalue weighted by Gasteiger charge is -2.31. The fourth-order valence-electron chi connectivity index (χ4n) is 4.84. The van der Waals surface area contributed by atoms with Crippen molar-refractivity contribution in [3.05, 3.63) is 46.5 Å². The third kappa shape index (κ3) is 8.98. The highest BCUT2D eigenvalue weighted by Crippen LogP contribution is 2.44. The van der Waals surface area contributed by atoms with Crippen LogP contribution in [-0.2, 0) is 31.2 Å². The zero-order valence-corrected chi connectivity index (χ0v) is 29.2. The molecule has 0 aliphatic carbocycles. The number of esters is 2. The van der Waals surface area contributed by atoms with E-state index in [-0.39, 0.29) is 28.1 Å². The third-order valence-electron chi connectivity index (χ3n) is 7.62. The quantitative estimate of drug-likeness (QED) is 0.245. The fraction of sp³-hybridized carbons (Fsp3) is 0.611. The summed E-state index contributed by atoms with van der Waals surface area (Å²) in [6.07, 6.45) is -0.0592. The predicted octanol–water partition coefficient (Wildman–Crippen LogP) is 7.76. The van der Waals surface area contributed by atoms with Crippen molar-refractivity contribution in [2.24, 2.45) is 11.7 Å². The van der Waals surface area contributed by atoms with Crippen LogP contribution in [0.5, 0.6) is 23.0 Å². The Balaban J connectivity index is 2.40. The van der Waals surface area contributed by atoms with Crippen LogP contribution in [0.2, 0.25) is 0 Å². The molecule has 0 saturated heterocycles. The van der Waals surface area contributed by atoms with Gasteiger partial charge in [0.05, 0.1) is 20.6 Å². The summed E-state index contributed by atoms with van der Waals surface area (Å²) < 4.78 is 23.3. The molecule has 2 N–H and O–H groups in total. The van der Waals surface area contributed by atoms with Crippen LogP contribution >= 0.6 is 0 Å². The summed E-state index contributed by atoms with van der Waals surface area (Å²) in [5.41, 5.74) is 8.55. The average molecular weight is 598 g/mol. The SMILES string of the molecule is COc1cc(C(C)(C)C)c(OC(=O)CC(C)C(N)C(=O)Oc2c(C(C)(C)C)cc(OC)cc2C(C)(C)C)c(C(C)(C)C)c1. The smallest absolute Gasteiger partial charge is 0.328 e. The molecule has 2 aromatic carbocycles. The van der Waals surface area contributed by atoms with E-state index in [1.165, 1.54) is 0 Å². The van der Waals surface area contributed by atoms with E-state index in [1.807, 2.05) is 24.3 Å². The maximum atomic E-state index is 13.5. The molecule has 0 bridgehead atoms. The lowest BCUT2D eigenvalue weighted by Crippen LogP contribution is -2.41. The van der Waals surface area contributed by atoms with Crippen molar-refractivity contribution in [3.63, 3.8) is 0 Å². The highest BCUT2D eigenvalue weighted by molar-refractivity contribution is 5.81. The Morgan fingerprint density at radius 2 is 0.930 bits per heavy atom. The second-order valence-electron chi connectivity index (χ2n) is 15.7. The molecular formula is C36H55NO6. The van der Waals surface area contributed by atoms with Gasteiger partial charge in [0.25, 0.3) is 0 Å². The van der Waals surface area contributed by atoms with Crippen molar-refractivity contribution in [3.8, 4) is 23.0 Å². The second-order valence-corrected chi connectivity index (χ2v) is 15.7. The summed E-state index contributed by atoms with van der Waals surface area (Å²) in [4.78, 5) is 26.9. The number of carbonyl (C=O) groups is 2. The largest absolute Gasteiger partial charge is 0.497 e. The van der Waals surface area contributed by atoms with Crippen LogP contribution in [0.25, 0.3) is 0 Å². The van der Waals surface area contributed by atoms with Crippen molar-refractivity contribution in [2.45, 2.75) is 124 Å². The molecule has 0 fully saturated rings. The van der Waals surface area contributed by atoms with E-state index in [0.717, 1.165) is 22.3 Å². The molecule has 0 heterocycles. The van der Waals surface area contributed by atoms with Gasteiger partial charge in [-0.25, -0.2) is 4.79 Å². The topological polar surface area (TPSA) is 97.1 Å². The molecule has 2 aromatic rings. The molecule has 0 amide bonds. The van der Waals surface area contributed by atoms with Gasteiger partial charge < -0.3 is 24.7 Å². The number of hydrogen-bond acceptors (Lipinski definition) is 7. The molecule has 240 valence electrons. The summed E-state index contributed by atoms with van der Waals surface area (Å²) >= 11 is 0. The first kappa shape index (κ1) is 36.1. The van der Waals surface area contributed by atoms with Crippen LogP contribution in [0.1, 0.15) is 119 Å². The van der Waals surface area contributed by atoms with Gasteiger partial charge in [-0.15, -0.1) is 0 Å².